The van der Waals surface area contributed by atoms with Gasteiger partial charge in [0.05, 0.1) is 12.4 Å². The van der Waals surface area contributed by atoms with Crippen LogP contribution < -0.4 is 45.0 Å². The molecule has 0 aliphatic rings. The maximum Gasteiger partial charge on any atom is 0.185 e. The lowest BCUT2D eigenvalue weighted by atomic mass is 10.2. The average Bonchev–Trinajstić information content (AvgIpc) is 2.91. The molecule has 0 aliphatic carbocycles. The molecule has 40 heavy (non-hydrogen) atoms. The van der Waals surface area contributed by atoms with E-state index in [9.17, 15) is 0 Å². The Balaban J connectivity index is 5.14. The van der Waals surface area contributed by atoms with Gasteiger partial charge in [0.1, 0.15) is 0 Å². The van der Waals surface area contributed by atoms with Crippen LogP contribution in [0, 0.1) is 5.41 Å². The SMILES string of the molecule is CCCNCCN(CCN)CCN(CCNCCN)CCN(CCN=C(N)N)CCN(CCN)CCCC(=N)N. The number of nitrogens with one attached hydrogen (secondary N) is 3. The van der Waals surface area contributed by atoms with Crippen LogP contribution >= 0.6 is 0 Å². The highest BCUT2D eigenvalue weighted by Crippen LogP contribution is 2.00. The molecule has 14 nitrogen and oxygen atoms in total. The van der Waals surface area contributed by atoms with Crippen LogP contribution in [0.3, 0.4) is 0 Å². The summed E-state index contributed by atoms with van der Waals surface area (Å²) < 4.78 is 0. The molecule has 0 heterocycles. The van der Waals surface area contributed by atoms with Crippen molar-refractivity contribution >= 4 is 11.8 Å². The minimum absolute atomic E-state index is 0.120. The van der Waals surface area contributed by atoms with Gasteiger partial charge in [-0.1, -0.05) is 6.92 Å². The first-order chi connectivity index (χ1) is 19.4. The first-order valence-corrected chi connectivity index (χ1v) is 15.2. The largest absolute Gasteiger partial charge is 0.388 e. The monoisotopic (exact) mass is 573 g/mol. The van der Waals surface area contributed by atoms with Crippen LogP contribution in [0.4, 0.5) is 0 Å². The van der Waals surface area contributed by atoms with Crippen molar-refractivity contribution in [1.82, 2.24) is 30.2 Å². The predicted molar refractivity (Wildman–Crippen MR) is 171 cm³/mol. The zero-order valence-electron chi connectivity index (χ0n) is 25.5. The topological polar surface area (TPSA) is 229 Å². The fraction of sp³-hybridized carbons (Fsp3) is 0.923. The Bertz CT molecular complexity index is 602. The molecule has 15 N–H and O–H groups in total. The van der Waals surface area contributed by atoms with Crippen molar-refractivity contribution < 1.29 is 0 Å². The van der Waals surface area contributed by atoms with Crippen molar-refractivity contribution in [1.29, 1.82) is 5.41 Å². The van der Waals surface area contributed by atoms with Crippen LogP contribution in [-0.2, 0) is 0 Å². The average molecular weight is 573 g/mol. The van der Waals surface area contributed by atoms with Crippen LogP contribution in [0.15, 0.2) is 4.99 Å². The van der Waals surface area contributed by atoms with E-state index in [1.54, 1.807) is 0 Å². The molecule has 0 aromatic heterocycles. The highest BCUT2D eigenvalue weighted by molar-refractivity contribution is 5.76. The van der Waals surface area contributed by atoms with E-state index in [4.69, 9.17) is 39.8 Å². The van der Waals surface area contributed by atoms with E-state index in [-0.39, 0.29) is 11.8 Å². The number of nitrogens with zero attached hydrogens (tertiary/aromatic N) is 5. The second kappa shape index (κ2) is 27.5. The second-order valence-corrected chi connectivity index (χ2v) is 10.2. The Morgan fingerprint density at radius 3 is 1.52 bits per heavy atom. The van der Waals surface area contributed by atoms with Gasteiger partial charge in [-0.25, -0.2) is 0 Å². The summed E-state index contributed by atoms with van der Waals surface area (Å²) >= 11 is 0. The lowest BCUT2D eigenvalue weighted by Crippen LogP contribution is -2.46. The first kappa shape index (κ1) is 38.4. The van der Waals surface area contributed by atoms with Gasteiger partial charge in [0.2, 0.25) is 0 Å². The Hall–Kier alpha value is -1.62. The van der Waals surface area contributed by atoms with E-state index in [0.29, 0.717) is 32.6 Å². The zero-order valence-corrected chi connectivity index (χ0v) is 25.5. The molecule has 0 amide bonds. The zero-order chi connectivity index (χ0) is 29.8. The third-order valence-electron chi connectivity index (χ3n) is 6.68. The molecule has 0 aliphatic heterocycles. The Labute approximate surface area is 244 Å². The van der Waals surface area contributed by atoms with E-state index in [1.165, 1.54) is 0 Å². The molecule has 238 valence electrons. The molecule has 0 aromatic carbocycles. The van der Waals surface area contributed by atoms with Gasteiger partial charge < -0.3 is 49.9 Å². The van der Waals surface area contributed by atoms with Gasteiger partial charge in [-0.15, -0.1) is 0 Å². The van der Waals surface area contributed by atoms with E-state index in [0.717, 1.165) is 118 Å². The number of aliphatic imine (C=N–C) groups is 1. The number of guanidine groups is 1. The molecule has 0 atom stereocenters. The number of amidine groups is 1. The Kier molecular flexibility index (Phi) is 26.4. The van der Waals surface area contributed by atoms with Crippen molar-refractivity contribution in [2.75, 3.05) is 131 Å². The van der Waals surface area contributed by atoms with Crippen molar-refractivity contribution in [2.45, 2.75) is 26.2 Å². The third kappa shape index (κ3) is 24.2. The maximum atomic E-state index is 7.49. The van der Waals surface area contributed by atoms with Gasteiger partial charge in [0.25, 0.3) is 0 Å². The molecule has 0 aromatic rings. The first-order valence-electron chi connectivity index (χ1n) is 15.2. The van der Waals surface area contributed by atoms with E-state index < -0.39 is 0 Å². The molecule has 14 heteroatoms. The fourth-order valence-corrected chi connectivity index (χ4v) is 4.37. The maximum absolute atomic E-state index is 7.49. The minimum Gasteiger partial charge on any atom is -0.388 e. The van der Waals surface area contributed by atoms with Crippen molar-refractivity contribution in [3.05, 3.63) is 0 Å². The number of hydrogen-bond donors (Lipinski definition) is 9. The van der Waals surface area contributed by atoms with Gasteiger partial charge >= 0.3 is 0 Å². The Morgan fingerprint density at radius 1 is 0.600 bits per heavy atom. The van der Waals surface area contributed by atoms with Gasteiger partial charge in [-0.3, -0.25) is 25.1 Å². The summed E-state index contributed by atoms with van der Waals surface area (Å²) in [6.07, 6.45) is 2.61. The molecule has 0 spiro atoms. The summed E-state index contributed by atoms with van der Waals surface area (Å²) in [4.78, 5) is 14.0. The normalized spacial score (nSPS) is 11.8. The molecular weight excluding hydrogens is 508 g/mol. The number of rotatable bonds is 30. The van der Waals surface area contributed by atoms with Crippen molar-refractivity contribution in [3.8, 4) is 0 Å². The molecule has 0 radical (unpaired) electrons. The summed E-state index contributed by atoms with van der Waals surface area (Å²) in [7, 11) is 0. The summed E-state index contributed by atoms with van der Waals surface area (Å²) in [6.45, 7) is 19.3. The summed E-state index contributed by atoms with van der Waals surface area (Å²) in [6, 6.07) is 0. The minimum atomic E-state index is 0.120. The van der Waals surface area contributed by atoms with E-state index in [2.05, 4.69) is 42.1 Å². The molecule has 0 fully saturated rings. The number of hydrogen-bond acceptors (Lipinski definition) is 11. The van der Waals surface area contributed by atoms with Crippen LogP contribution in [-0.4, -0.2) is 162 Å². The molecule has 0 saturated heterocycles. The number of nitrogens with two attached hydrogens (primary N) is 6. The van der Waals surface area contributed by atoms with Gasteiger partial charge in [-0.2, -0.15) is 0 Å². The van der Waals surface area contributed by atoms with Gasteiger partial charge in [0, 0.05) is 118 Å². The lowest BCUT2D eigenvalue weighted by Gasteiger charge is -2.31. The summed E-state index contributed by atoms with van der Waals surface area (Å²) in [5.41, 5.74) is 34.2. The summed E-state index contributed by atoms with van der Waals surface area (Å²) in [5, 5.41) is 14.4. The fourth-order valence-electron chi connectivity index (χ4n) is 4.37. The van der Waals surface area contributed by atoms with Crippen LogP contribution in [0.25, 0.3) is 0 Å². The molecule has 0 saturated carbocycles. The van der Waals surface area contributed by atoms with Crippen LogP contribution in [0.2, 0.25) is 0 Å². The van der Waals surface area contributed by atoms with Gasteiger partial charge in [-0.05, 0) is 25.9 Å². The Morgan fingerprint density at radius 2 is 1.07 bits per heavy atom. The highest BCUT2D eigenvalue weighted by atomic mass is 15.2. The van der Waals surface area contributed by atoms with Crippen LogP contribution in [0.1, 0.15) is 26.2 Å². The third-order valence-corrected chi connectivity index (χ3v) is 6.68. The smallest absolute Gasteiger partial charge is 0.185 e. The highest BCUT2D eigenvalue weighted by Gasteiger charge is 2.13. The predicted octanol–water partition coefficient (Wildman–Crippen LogP) is -3.35. The van der Waals surface area contributed by atoms with Crippen LogP contribution in [0.5, 0.6) is 0 Å². The lowest BCUT2D eigenvalue weighted by molar-refractivity contribution is 0.164. The van der Waals surface area contributed by atoms with E-state index >= 15 is 0 Å². The summed E-state index contributed by atoms with van der Waals surface area (Å²) in [5.74, 6) is 0.352. The van der Waals surface area contributed by atoms with Crippen molar-refractivity contribution in [3.63, 3.8) is 0 Å². The second-order valence-electron chi connectivity index (χ2n) is 10.2. The molecule has 0 rings (SSSR count). The standard InChI is InChI=1S/C26H64N14/c1-2-8-34-10-16-38(15-7-29)20-22-39(17-11-35-9-5-27)23-24-40(18-12-36-26(32)33)21-19-37(14-6-28)13-3-4-25(30)31/h34-35H,2-24,27-29H2,1H3,(H3,30,31)(H4,32,33,36). The quantitative estimate of drug-likeness (QED) is 0.0233. The molecular formula is C26H64N14. The van der Waals surface area contributed by atoms with Gasteiger partial charge in [0.15, 0.2) is 5.96 Å². The molecule has 0 bridgehead atoms. The van der Waals surface area contributed by atoms with Crippen molar-refractivity contribution in [2.24, 2.45) is 39.4 Å². The van der Waals surface area contributed by atoms with E-state index in [1.807, 2.05) is 0 Å². The molecule has 0 unspecified atom stereocenters.